The predicted octanol–water partition coefficient (Wildman–Crippen LogP) is 3.73. The zero-order valence-electron chi connectivity index (χ0n) is 15.7. The lowest BCUT2D eigenvalue weighted by Crippen LogP contribution is -2.41. The quantitative estimate of drug-likeness (QED) is 0.837. The first-order valence-corrected chi connectivity index (χ1v) is 9.55. The van der Waals surface area contributed by atoms with Gasteiger partial charge in [0.1, 0.15) is 6.61 Å². The summed E-state index contributed by atoms with van der Waals surface area (Å²) < 4.78 is 11.9. The van der Waals surface area contributed by atoms with Gasteiger partial charge in [-0.2, -0.15) is 0 Å². The molecule has 26 heavy (non-hydrogen) atoms. The summed E-state index contributed by atoms with van der Waals surface area (Å²) in [6, 6.07) is 17.4. The molecule has 1 unspecified atom stereocenters. The summed E-state index contributed by atoms with van der Waals surface area (Å²) >= 11 is 0. The van der Waals surface area contributed by atoms with Crippen LogP contribution in [0.3, 0.4) is 0 Å². The van der Waals surface area contributed by atoms with E-state index < -0.39 is 0 Å². The number of fused-ring (bicyclic) bond motifs is 1. The van der Waals surface area contributed by atoms with Crippen molar-refractivity contribution in [2.24, 2.45) is 0 Å². The molecule has 2 aliphatic heterocycles. The Morgan fingerprint density at radius 1 is 1.00 bits per heavy atom. The van der Waals surface area contributed by atoms with E-state index in [2.05, 4.69) is 48.2 Å². The van der Waals surface area contributed by atoms with E-state index in [1.165, 1.54) is 37.1 Å². The summed E-state index contributed by atoms with van der Waals surface area (Å²) in [5, 5.41) is 0. The molecular weight excluding hydrogens is 324 g/mol. The molecule has 2 aromatic rings. The topological polar surface area (TPSA) is 24.9 Å². The summed E-state index contributed by atoms with van der Waals surface area (Å²) in [5.41, 5.74) is 2.53. The highest BCUT2D eigenvalue weighted by Crippen LogP contribution is 2.35. The lowest BCUT2D eigenvalue weighted by molar-refractivity contribution is 0.0912. The maximum absolute atomic E-state index is 6.10. The van der Waals surface area contributed by atoms with Crippen molar-refractivity contribution in [2.45, 2.75) is 31.5 Å². The van der Waals surface area contributed by atoms with E-state index in [0.29, 0.717) is 12.6 Å². The van der Waals surface area contributed by atoms with Gasteiger partial charge in [0.05, 0.1) is 0 Å². The molecule has 0 aliphatic carbocycles. The van der Waals surface area contributed by atoms with E-state index in [1.807, 2.05) is 24.3 Å². The van der Waals surface area contributed by atoms with E-state index >= 15 is 0 Å². The van der Waals surface area contributed by atoms with E-state index in [9.17, 15) is 0 Å². The first kappa shape index (κ1) is 17.4. The molecule has 0 radical (unpaired) electrons. The zero-order chi connectivity index (χ0) is 17.9. The minimum Gasteiger partial charge on any atom is -0.485 e. The van der Waals surface area contributed by atoms with Gasteiger partial charge in [0, 0.05) is 12.6 Å². The number of nitrogens with zero attached hydrogens (tertiary/aromatic N) is 2. The van der Waals surface area contributed by atoms with Gasteiger partial charge in [0.25, 0.3) is 0 Å². The summed E-state index contributed by atoms with van der Waals surface area (Å²) in [6.45, 7) is 3.97. The monoisotopic (exact) mass is 352 g/mol. The summed E-state index contributed by atoms with van der Waals surface area (Å²) in [5.74, 6) is 1.66. The van der Waals surface area contributed by atoms with Crippen molar-refractivity contribution in [1.29, 1.82) is 0 Å². The highest BCUT2D eigenvalue weighted by atomic mass is 16.6. The van der Waals surface area contributed by atoms with Crippen LogP contribution in [0.2, 0.25) is 0 Å². The maximum Gasteiger partial charge on any atom is 0.162 e. The predicted molar refractivity (Wildman–Crippen MR) is 104 cm³/mol. The van der Waals surface area contributed by atoms with Gasteiger partial charge in [-0.15, -0.1) is 0 Å². The fraction of sp³-hybridized carbons (Fsp3) is 0.455. The van der Waals surface area contributed by atoms with Crippen molar-refractivity contribution in [2.75, 3.05) is 33.8 Å². The summed E-state index contributed by atoms with van der Waals surface area (Å²) in [7, 11) is 4.46. The minimum absolute atomic E-state index is 0.0365. The van der Waals surface area contributed by atoms with Gasteiger partial charge < -0.3 is 14.4 Å². The van der Waals surface area contributed by atoms with Gasteiger partial charge in [-0.3, -0.25) is 4.90 Å². The third-order valence-corrected chi connectivity index (χ3v) is 5.60. The molecule has 0 bridgehead atoms. The highest BCUT2D eigenvalue weighted by Gasteiger charge is 2.23. The molecule has 2 aromatic carbocycles. The van der Waals surface area contributed by atoms with Crippen LogP contribution < -0.4 is 9.47 Å². The molecule has 2 heterocycles. The first-order valence-electron chi connectivity index (χ1n) is 9.55. The molecule has 0 N–H and O–H groups in total. The van der Waals surface area contributed by atoms with Crippen LogP contribution in [0, 0.1) is 0 Å². The molecule has 1 atom stereocenters. The van der Waals surface area contributed by atoms with Gasteiger partial charge in [-0.25, -0.2) is 0 Å². The Balaban J connectivity index is 1.37. The Morgan fingerprint density at radius 2 is 1.69 bits per heavy atom. The molecule has 2 aliphatic rings. The average Bonchev–Trinajstić information content (AvgIpc) is 2.68. The van der Waals surface area contributed by atoms with E-state index in [4.69, 9.17) is 9.47 Å². The number of likely N-dealkylation sites (tertiary alicyclic amines) is 1. The number of piperidine rings is 1. The fourth-order valence-corrected chi connectivity index (χ4v) is 3.87. The van der Waals surface area contributed by atoms with Crippen molar-refractivity contribution < 1.29 is 9.47 Å². The van der Waals surface area contributed by atoms with Crippen LogP contribution in [0.5, 0.6) is 11.5 Å². The molecular formula is C22H28N2O2. The molecule has 0 saturated carbocycles. The third kappa shape index (κ3) is 3.87. The first-order chi connectivity index (χ1) is 12.7. The SMILES string of the molecule is CN1CCC(N(C)Cc2ccc(C3COc4ccccc4O3)cc2)CC1. The number of ether oxygens (including phenoxy) is 2. The number of hydrogen-bond donors (Lipinski definition) is 0. The number of rotatable bonds is 4. The van der Waals surface area contributed by atoms with E-state index in [-0.39, 0.29) is 6.10 Å². The molecule has 0 spiro atoms. The smallest absolute Gasteiger partial charge is 0.162 e. The highest BCUT2D eigenvalue weighted by molar-refractivity contribution is 5.41. The second-order valence-electron chi connectivity index (χ2n) is 7.56. The Kier molecular flexibility index (Phi) is 5.14. The van der Waals surface area contributed by atoms with E-state index in [0.717, 1.165) is 18.0 Å². The summed E-state index contributed by atoms with van der Waals surface area (Å²) in [4.78, 5) is 4.92. The molecule has 1 saturated heterocycles. The van der Waals surface area contributed by atoms with Gasteiger partial charge in [-0.05, 0) is 63.3 Å². The summed E-state index contributed by atoms with van der Waals surface area (Å²) in [6.07, 6.45) is 2.49. The van der Waals surface area contributed by atoms with Crippen LogP contribution in [0.4, 0.5) is 0 Å². The van der Waals surface area contributed by atoms with E-state index in [1.54, 1.807) is 0 Å². The molecule has 0 aromatic heterocycles. The Morgan fingerprint density at radius 3 is 2.42 bits per heavy atom. The Labute approximate surface area is 156 Å². The van der Waals surface area contributed by atoms with Crippen LogP contribution in [0.1, 0.15) is 30.1 Å². The van der Waals surface area contributed by atoms with Crippen molar-refractivity contribution in [3.05, 3.63) is 59.7 Å². The molecule has 4 heteroatoms. The second kappa shape index (κ2) is 7.68. The molecule has 4 rings (SSSR count). The average molecular weight is 352 g/mol. The van der Waals surface area contributed by atoms with Gasteiger partial charge in [-0.1, -0.05) is 36.4 Å². The maximum atomic E-state index is 6.10. The van der Waals surface area contributed by atoms with Gasteiger partial charge in [0.15, 0.2) is 17.6 Å². The van der Waals surface area contributed by atoms with Crippen LogP contribution in [-0.4, -0.2) is 49.6 Å². The van der Waals surface area contributed by atoms with Crippen LogP contribution >= 0.6 is 0 Å². The second-order valence-corrected chi connectivity index (χ2v) is 7.56. The molecule has 0 amide bonds. The fourth-order valence-electron chi connectivity index (χ4n) is 3.87. The van der Waals surface area contributed by atoms with Crippen LogP contribution in [-0.2, 0) is 6.54 Å². The van der Waals surface area contributed by atoms with Gasteiger partial charge in [0.2, 0.25) is 0 Å². The minimum atomic E-state index is -0.0365. The van der Waals surface area contributed by atoms with Crippen LogP contribution in [0.25, 0.3) is 0 Å². The zero-order valence-corrected chi connectivity index (χ0v) is 15.7. The van der Waals surface area contributed by atoms with Crippen LogP contribution in [0.15, 0.2) is 48.5 Å². The number of benzene rings is 2. The standard InChI is InChI=1S/C22H28N2O2/c1-23-13-11-19(12-14-23)24(2)15-17-7-9-18(10-8-17)22-16-25-20-5-3-4-6-21(20)26-22/h3-10,19,22H,11-16H2,1-2H3. The largest absolute Gasteiger partial charge is 0.485 e. The normalized spacial score (nSPS) is 21.1. The number of hydrogen-bond acceptors (Lipinski definition) is 4. The Bertz CT molecular complexity index is 723. The van der Waals surface area contributed by atoms with Crippen molar-refractivity contribution in [1.82, 2.24) is 9.80 Å². The molecule has 4 nitrogen and oxygen atoms in total. The number of para-hydroxylation sites is 2. The van der Waals surface area contributed by atoms with Crippen molar-refractivity contribution in [3.8, 4) is 11.5 Å². The van der Waals surface area contributed by atoms with Gasteiger partial charge >= 0.3 is 0 Å². The van der Waals surface area contributed by atoms with Crippen molar-refractivity contribution in [3.63, 3.8) is 0 Å². The molecule has 1 fully saturated rings. The third-order valence-electron chi connectivity index (χ3n) is 5.60. The lowest BCUT2D eigenvalue weighted by atomic mass is 10.0. The Hall–Kier alpha value is -2.04. The van der Waals surface area contributed by atoms with Crippen molar-refractivity contribution >= 4 is 0 Å². The molecule has 138 valence electrons. The lowest BCUT2D eigenvalue weighted by Gasteiger charge is -2.35.